The molecular weight excluding hydrogens is 199 g/mol. The average Bonchev–Trinajstić information content (AvgIpc) is 2.48. The molecule has 0 saturated carbocycles. The van der Waals surface area contributed by atoms with E-state index >= 15 is 0 Å². The first kappa shape index (κ1) is 8.92. The molecule has 0 amide bonds. The van der Waals surface area contributed by atoms with Crippen LogP contribution < -0.4 is 5.69 Å². The van der Waals surface area contributed by atoms with Crippen molar-refractivity contribution in [2.75, 3.05) is 0 Å². The molecule has 0 N–H and O–H groups in total. The second-order valence-corrected chi connectivity index (χ2v) is 2.73. The van der Waals surface area contributed by atoms with Crippen LogP contribution >= 0.6 is 0 Å². The summed E-state index contributed by atoms with van der Waals surface area (Å²) >= 11 is 0. The van der Waals surface area contributed by atoms with Crippen LogP contribution in [0.15, 0.2) is 22.1 Å². The van der Waals surface area contributed by atoms with Gasteiger partial charge in [0.2, 0.25) is 0 Å². The fourth-order valence-electron chi connectivity index (χ4n) is 1.15. The van der Waals surface area contributed by atoms with Gasteiger partial charge >= 0.3 is 11.9 Å². The number of aliphatic imine (C=N–C) groups is 1. The molecule has 0 atom stereocenters. The van der Waals surface area contributed by atoms with Crippen molar-refractivity contribution >= 4 is 11.5 Å². The third-order valence-corrected chi connectivity index (χ3v) is 1.80. The van der Waals surface area contributed by atoms with Gasteiger partial charge in [-0.2, -0.15) is 13.2 Å². The molecule has 0 saturated heterocycles. The molecule has 1 aromatic heterocycles. The third kappa shape index (κ3) is 1.30. The Labute approximate surface area is 75.7 Å². The van der Waals surface area contributed by atoms with E-state index in [1.165, 1.54) is 6.07 Å². The van der Waals surface area contributed by atoms with E-state index in [0.29, 0.717) is 0 Å². The van der Waals surface area contributed by atoms with Crippen molar-refractivity contribution in [1.29, 1.82) is 0 Å². The maximum Gasteiger partial charge on any atom is 0.431 e. The molecule has 0 bridgehead atoms. The molecule has 0 spiro atoms. The molecule has 0 unspecified atom stereocenters. The van der Waals surface area contributed by atoms with Crippen molar-refractivity contribution in [3.8, 4) is 0 Å². The molecule has 1 aromatic rings. The molecule has 1 aliphatic heterocycles. The largest absolute Gasteiger partial charge is 0.431 e. The monoisotopic (exact) mass is 203 g/mol. The Morgan fingerprint density at radius 2 is 2.14 bits per heavy atom. The summed E-state index contributed by atoms with van der Waals surface area (Å²) < 4.78 is 37.5. The highest BCUT2D eigenvalue weighted by atomic mass is 19.4. The molecule has 0 fully saturated rings. The Morgan fingerprint density at radius 3 is 2.71 bits per heavy atom. The lowest BCUT2D eigenvalue weighted by Crippen LogP contribution is -2.28. The minimum Gasteiger partial charge on any atom is -0.270 e. The van der Waals surface area contributed by atoms with E-state index in [1.54, 1.807) is 0 Å². The normalized spacial score (nSPS) is 15.2. The number of hydrogen-bond acceptors (Lipinski definition) is 3. The SMILES string of the molecule is O=c1nccc2n1CC(C(F)(F)F)=N2. The molecule has 1 aliphatic rings. The summed E-state index contributed by atoms with van der Waals surface area (Å²) in [6, 6.07) is 1.26. The first-order valence-corrected chi connectivity index (χ1v) is 3.69. The molecule has 4 nitrogen and oxygen atoms in total. The lowest BCUT2D eigenvalue weighted by molar-refractivity contribution is -0.0602. The minimum absolute atomic E-state index is 0.00248. The number of fused-ring (bicyclic) bond motifs is 1. The molecule has 74 valence electrons. The minimum atomic E-state index is -4.49. The quantitative estimate of drug-likeness (QED) is 0.628. The van der Waals surface area contributed by atoms with E-state index in [2.05, 4.69) is 9.98 Å². The lowest BCUT2D eigenvalue weighted by Gasteiger charge is -2.03. The van der Waals surface area contributed by atoms with Crippen molar-refractivity contribution in [2.45, 2.75) is 12.7 Å². The maximum atomic E-state index is 12.2. The van der Waals surface area contributed by atoms with Crippen LogP contribution in [-0.2, 0) is 6.54 Å². The number of aromatic nitrogens is 2. The van der Waals surface area contributed by atoms with Crippen LogP contribution in [0.2, 0.25) is 0 Å². The van der Waals surface area contributed by atoms with E-state index in [4.69, 9.17) is 0 Å². The molecule has 14 heavy (non-hydrogen) atoms. The molecule has 2 heterocycles. The second kappa shape index (κ2) is 2.66. The summed E-state index contributed by atoms with van der Waals surface area (Å²) in [4.78, 5) is 17.6. The van der Waals surface area contributed by atoms with Gasteiger partial charge in [0.15, 0.2) is 0 Å². The molecule has 2 rings (SSSR count). The summed E-state index contributed by atoms with van der Waals surface area (Å²) in [6.07, 6.45) is -3.35. The van der Waals surface area contributed by atoms with Gasteiger partial charge in [0.25, 0.3) is 0 Å². The number of halogens is 3. The van der Waals surface area contributed by atoms with Crippen molar-refractivity contribution in [2.24, 2.45) is 4.99 Å². The zero-order valence-electron chi connectivity index (χ0n) is 6.75. The van der Waals surface area contributed by atoms with Crippen LogP contribution in [0.3, 0.4) is 0 Å². The predicted octanol–water partition coefficient (Wildman–Crippen LogP) is 0.892. The van der Waals surface area contributed by atoms with E-state index in [-0.39, 0.29) is 5.82 Å². The summed E-state index contributed by atoms with van der Waals surface area (Å²) in [5.74, 6) is -0.00248. The highest BCUT2D eigenvalue weighted by molar-refractivity contribution is 5.93. The molecule has 0 radical (unpaired) electrons. The number of hydrogen-bond donors (Lipinski definition) is 0. The second-order valence-electron chi connectivity index (χ2n) is 2.73. The van der Waals surface area contributed by atoms with Gasteiger partial charge in [-0.3, -0.25) is 4.57 Å². The van der Waals surface area contributed by atoms with Gasteiger partial charge in [-0.05, 0) is 6.07 Å². The Hall–Kier alpha value is -1.66. The van der Waals surface area contributed by atoms with E-state index < -0.39 is 24.1 Å². The average molecular weight is 203 g/mol. The molecule has 0 aliphatic carbocycles. The van der Waals surface area contributed by atoms with Crippen LogP contribution in [0.5, 0.6) is 0 Å². The fraction of sp³-hybridized carbons (Fsp3) is 0.286. The van der Waals surface area contributed by atoms with Gasteiger partial charge in [0.1, 0.15) is 11.5 Å². The molecule has 7 heteroatoms. The third-order valence-electron chi connectivity index (χ3n) is 1.80. The zero-order chi connectivity index (χ0) is 10.3. The van der Waals surface area contributed by atoms with Crippen molar-refractivity contribution in [3.63, 3.8) is 0 Å². The van der Waals surface area contributed by atoms with Crippen LogP contribution in [0.4, 0.5) is 19.0 Å². The fourth-order valence-corrected chi connectivity index (χ4v) is 1.15. The lowest BCUT2D eigenvalue weighted by atomic mass is 10.4. The van der Waals surface area contributed by atoms with Gasteiger partial charge < -0.3 is 0 Å². The number of nitrogens with zero attached hydrogens (tertiary/aromatic N) is 3. The van der Waals surface area contributed by atoms with Gasteiger partial charge in [0.05, 0.1) is 6.54 Å². The Balaban J connectivity index is 2.47. The molecule has 0 aromatic carbocycles. The number of rotatable bonds is 0. The van der Waals surface area contributed by atoms with Crippen molar-refractivity contribution < 1.29 is 13.2 Å². The van der Waals surface area contributed by atoms with E-state index in [9.17, 15) is 18.0 Å². The standard InChI is InChI=1S/C7H4F3N3O/c8-7(9,10)4-3-13-5(12-4)1-2-11-6(13)14/h1-2H,3H2. The van der Waals surface area contributed by atoms with Gasteiger partial charge in [-0.1, -0.05) is 0 Å². The Morgan fingerprint density at radius 1 is 1.43 bits per heavy atom. The highest BCUT2D eigenvalue weighted by Gasteiger charge is 2.38. The summed E-state index contributed by atoms with van der Waals surface area (Å²) in [6.45, 7) is -0.550. The highest BCUT2D eigenvalue weighted by Crippen LogP contribution is 2.26. The molecular formula is C7H4F3N3O. The smallest absolute Gasteiger partial charge is 0.270 e. The van der Waals surface area contributed by atoms with Crippen LogP contribution in [0, 0.1) is 0 Å². The summed E-state index contributed by atoms with van der Waals surface area (Å²) in [7, 11) is 0. The van der Waals surface area contributed by atoms with Gasteiger partial charge in [-0.15, -0.1) is 0 Å². The number of alkyl halides is 3. The Kier molecular flexibility index (Phi) is 1.70. The zero-order valence-corrected chi connectivity index (χ0v) is 6.75. The van der Waals surface area contributed by atoms with Gasteiger partial charge in [0, 0.05) is 6.20 Å². The van der Waals surface area contributed by atoms with E-state index in [1.807, 2.05) is 0 Å². The Bertz CT molecular complexity index is 460. The van der Waals surface area contributed by atoms with E-state index in [0.717, 1.165) is 10.8 Å². The first-order chi connectivity index (χ1) is 6.48. The maximum absolute atomic E-state index is 12.2. The summed E-state index contributed by atoms with van der Waals surface area (Å²) in [5.41, 5.74) is -1.69. The predicted molar refractivity (Wildman–Crippen MR) is 41.6 cm³/mol. The van der Waals surface area contributed by atoms with Crippen LogP contribution in [0.1, 0.15) is 0 Å². The van der Waals surface area contributed by atoms with Crippen molar-refractivity contribution in [3.05, 3.63) is 22.7 Å². The summed E-state index contributed by atoms with van der Waals surface area (Å²) in [5, 5.41) is 0. The first-order valence-electron chi connectivity index (χ1n) is 3.69. The van der Waals surface area contributed by atoms with Crippen LogP contribution in [0.25, 0.3) is 0 Å². The topological polar surface area (TPSA) is 47.2 Å². The van der Waals surface area contributed by atoms with Gasteiger partial charge in [-0.25, -0.2) is 14.8 Å². The van der Waals surface area contributed by atoms with Crippen molar-refractivity contribution in [1.82, 2.24) is 9.55 Å². The van der Waals surface area contributed by atoms with Crippen LogP contribution in [-0.4, -0.2) is 21.4 Å².